The van der Waals surface area contributed by atoms with Crippen LogP contribution in [0.5, 0.6) is 0 Å². The summed E-state index contributed by atoms with van der Waals surface area (Å²) in [5, 5.41) is 11.8. The minimum absolute atomic E-state index is 0.193. The smallest absolute Gasteiger partial charge is 0.303 e. The van der Waals surface area contributed by atoms with Crippen LogP contribution < -0.4 is 0 Å². The number of hydrogen-bond acceptors (Lipinski definition) is 2. The SMILES string of the molecule is O=C(O)CCc1csc2c(Br)cccc12. The van der Waals surface area contributed by atoms with Crippen molar-refractivity contribution in [1.82, 2.24) is 0 Å². The van der Waals surface area contributed by atoms with Crippen LogP contribution in [0, 0.1) is 0 Å². The van der Waals surface area contributed by atoms with Gasteiger partial charge in [-0.25, -0.2) is 0 Å². The highest BCUT2D eigenvalue weighted by atomic mass is 79.9. The highest BCUT2D eigenvalue weighted by Gasteiger charge is 2.07. The summed E-state index contributed by atoms with van der Waals surface area (Å²) in [6, 6.07) is 6.01. The summed E-state index contributed by atoms with van der Waals surface area (Å²) in [5.74, 6) is -0.746. The number of aryl methyl sites for hydroxylation is 1. The molecule has 0 aliphatic carbocycles. The third kappa shape index (κ3) is 2.21. The van der Waals surface area contributed by atoms with Gasteiger partial charge in [0.1, 0.15) is 0 Å². The summed E-state index contributed by atoms with van der Waals surface area (Å²) >= 11 is 5.14. The summed E-state index contributed by atoms with van der Waals surface area (Å²) in [6.07, 6.45) is 0.796. The van der Waals surface area contributed by atoms with E-state index in [1.165, 1.54) is 4.70 Å². The molecular formula is C11H9BrO2S. The summed E-state index contributed by atoms with van der Waals surface area (Å²) in [6.45, 7) is 0. The lowest BCUT2D eigenvalue weighted by atomic mass is 10.1. The Morgan fingerprint density at radius 3 is 3.00 bits per heavy atom. The second-order valence-corrected chi connectivity index (χ2v) is 5.01. The van der Waals surface area contributed by atoms with Crippen LogP contribution in [0.4, 0.5) is 0 Å². The van der Waals surface area contributed by atoms with Gasteiger partial charge >= 0.3 is 5.97 Å². The Morgan fingerprint density at radius 2 is 2.27 bits per heavy atom. The molecule has 0 radical (unpaired) electrons. The van der Waals surface area contributed by atoms with Gasteiger partial charge < -0.3 is 5.11 Å². The molecule has 0 bridgehead atoms. The minimum Gasteiger partial charge on any atom is -0.481 e. The van der Waals surface area contributed by atoms with Crippen LogP contribution in [0.3, 0.4) is 0 Å². The lowest BCUT2D eigenvalue weighted by Gasteiger charge is -1.97. The number of rotatable bonds is 3. The molecule has 0 aliphatic rings. The number of fused-ring (bicyclic) bond motifs is 1. The summed E-state index contributed by atoms with van der Waals surface area (Å²) < 4.78 is 2.27. The number of benzene rings is 1. The third-order valence-corrected chi connectivity index (χ3v) is 4.24. The van der Waals surface area contributed by atoms with E-state index in [1.54, 1.807) is 11.3 Å². The molecule has 0 saturated carbocycles. The molecule has 0 unspecified atom stereocenters. The van der Waals surface area contributed by atoms with Crippen LogP contribution in [-0.4, -0.2) is 11.1 Å². The molecule has 2 aromatic rings. The van der Waals surface area contributed by atoms with Crippen molar-refractivity contribution in [2.75, 3.05) is 0 Å². The molecule has 1 aromatic heterocycles. The fourth-order valence-electron chi connectivity index (χ4n) is 1.51. The lowest BCUT2D eigenvalue weighted by molar-refractivity contribution is -0.136. The predicted molar refractivity (Wildman–Crippen MR) is 65.5 cm³/mol. The zero-order chi connectivity index (χ0) is 10.8. The molecular weight excluding hydrogens is 276 g/mol. The van der Waals surface area contributed by atoms with Crippen molar-refractivity contribution in [2.45, 2.75) is 12.8 Å². The van der Waals surface area contributed by atoms with Crippen LogP contribution in [0.1, 0.15) is 12.0 Å². The molecule has 1 N–H and O–H groups in total. The Bertz CT molecular complexity index is 504. The molecule has 0 amide bonds. The second kappa shape index (κ2) is 4.33. The highest BCUT2D eigenvalue weighted by molar-refractivity contribution is 9.10. The summed E-state index contributed by atoms with van der Waals surface area (Å²) in [4.78, 5) is 10.5. The molecule has 1 aromatic carbocycles. The summed E-state index contributed by atoms with van der Waals surface area (Å²) in [5.41, 5.74) is 1.12. The Balaban J connectivity index is 2.37. The van der Waals surface area contributed by atoms with E-state index in [2.05, 4.69) is 15.9 Å². The van der Waals surface area contributed by atoms with Crippen LogP contribution in [-0.2, 0) is 11.2 Å². The Morgan fingerprint density at radius 1 is 1.47 bits per heavy atom. The number of hydrogen-bond donors (Lipinski definition) is 1. The van der Waals surface area contributed by atoms with E-state index >= 15 is 0 Å². The number of carbonyl (C=O) groups is 1. The van der Waals surface area contributed by atoms with Gasteiger partial charge in [-0.3, -0.25) is 4.79 Å². The van der Waals surface area contributed by atoms with Gasteiger partial charge in [0.2, 0.25) is 0 Å². The van der Waals surface area contributed by atoms with Gasteiger partial charge in [-0.1, -0.05) is 12.1 Å². The van der Waals surface area contributed by atoms with E-state index < -0.39 is 5.97 Å². The van der Waals surface area contributed by atoms with Crippen molar-refractivity contribution < 1.29 is 9.90 Å². The Labute approximate surface area is 99.7 Å². The molecule has 4 heteroatoms. The standard InChI is InChI=1S/C11H9BrO2S/c12-9-3-1-2-8-7(4-5-10(13)14)6-15-11(8)9/h1-3,6H,4-5H2,(H,13,14). The Hall–Kier alpha value is -0.870. The molecule has 0 fully saturated rings. The average Bonchev–Trinajstić information content (AvgIpc) is 2.59. The number of carboxylic acid groups (broad SMARTS) is 1. The molecule has 15 heavy (non-hydrogen) atoms. The molecule has 2 nitrogen and oxygen atoms in total. The molecule has 2 rings (SSSR count). The number of thiophene rings is 1. The van der Waals surface area contributed by atoms with Gasteiger partial charge in [-0.15, -0.1) is 11.3 Å². The molecule has 0 aliphatic heterocycles. The van der Waals surface area contributed by atoms with Gasteiger partial charge in [-0.2, -0.15) is 0 Å². The van der Waals surface area contributed by atoms with Crippen molar-refractivity contribution >= 4 is 43.3 Å². The van der Waals surface area contributed by atoms with Crippen LogP contribution in [0.25, 0.3) is 10.1 Å². The normalized spacial score (nSPS) is 10.7. The monoisotopic (exact) mass is 284 g/mol. The molecule has 0 spiro atoms. The zero-order valence-electron chi connectivity index (χ0n) is 7.87. The third-order valence-electron chi connectivity index (χ3n) is 2.24. The maximum absolute atomic E-state index is 10.5. The quantitative estimate of drug-likeness (QED) is 0.934. The summed E-state index contributed by atoms with van der Waals surface area (Å²) in [7, 11) is 0. The van der Waals surface area contributed by atoms with E-state index in [4.69, 9.17) is 5.11 Å². The first-order chi connectivity index (χ1) is 7.18. The fraction of sp³-hybridized carbons (Fsp3) is 0.182. The van der Waals surface area contributed by atoms with Crippen molar-refractivity contribution in [2.24, 2.45) is 0 Å². The first kappa shape index (κ1) is 10.6. The minimum atomic E-state index is -0.746. The number of aliphatic carboxylic acids is 1. The number of halogens is 1. The van der Waals surface area contributed by atoms with Crippen LogP contribution >= 0.6 is 27.3 Å². The zero-order valence-corrected chi connectivity index (χ0v) is 10.3. The maximum atomic E-state index is 10.5. The van der Waals surface area contributed by atoms with Crippen molar-refractivity contribution in [3.63, 3.8) is 0 Å². The second-order valence-electron chi connectivity index (χ2n) is 3.27. The Kier molecular flexibility index (Phi) is 3.07. The van der Waals surface area contributed by atoms with E-state index in [0.29, 0.717) is 6.42 Å². The maximum Gasteiger partial charge on any atom is 0.303 e. The van der Waals surface area contributed by atoms with Crippen LogP contribution in [0.15, 0.2) is 28.1 Å². The van der Waals surface area contributed by atoms with Crippen molar-refractivity contribution in [1.29, 1.82) is 0 Å². The van der Waals surface area contributed by atoms with Crippen molar-refractivity contribution in [3.8, 4) is 0 Å². The van der Waals surface area contributed by atoms with Gasteiger partial charge in [0, 0.05) is 15.6 Å². The van der Waals surface area contributed by atoms with Gasteiger partial charge in [0.25, 0.3) is 0 Å². The molecule has 78 valence electrons. The topological polar surface area (TPSA) is 37.3 Å². The first-order valence-corrected chi connectivity index (χ1v) is 6.22. The van der Waals surface area contributed by atoms with E-state index in [-0.39, 0.29) is 6.42 Å². The first-order valence-electron chi connectivity index (χ1n) is 4.55. The average molecular weight is 285 g/mol. The fourth-order valence-corrected chi connectivity index (χ4v) is 3.17. The molecule has 1 heterocycles. The van der Waals surface area contributed by atoms with E-state index in [9.17, 15) is 4.79 Å². The number of carboxylic acids is 1. The molecule has 0 saturated heterocycles. The highest BCUT2D eigenvalue weighted by Crippen LogP contribution is 2.32. The van der Waals surface area contributed by atoms with Gasteiger partial charge in [0.05, 0.1) is 0 Å². The lowest BCUT2D eigenvalue weighted by Crippen LogP contribution is -1.96. The van der Waals surface area contributed by atoms with Gasteiger partial charge in [-0.05, 0) is 44.7 Å². The van der Waals surface area contributed by atoms with Crippen LogP contribution in [0.2, 0.25) is 0 Å². The predicted octanol–water partition coefficient (Wildman–Crippen LogP) is 3.68. The van der Waals surface area contributed by atoms with Crippen molar-refractivity contribution in [3.05, 3.63) is 33.6 Å². The molecule has 0 atom stereocenters. The largest absolute Gasteiger partial charge is 0.481 e. The van der Waals surface area contributed by atoms with E-state index in [1.807, 2.05) is 23.6 Å². The van der Waals surface area contributed by atoms with E-state index in [0.717, 1.165) is 15.4 Å². The van der Waals surface area contributed by atoms with Gasteiger partial charge in [0.15, 0.2) is 0 Å².